The molecule has 0 bridgehead atoms. The third-order valence-electron chi connectivity index (χ3n) is 5.44. The molecule has 0 aromatic heterocycles. The van der Waals surface area contributed by atoms with Crippen LogP contribution in [0.2, 0.25) is 0 Å². The van der Waals surface area contributed by atoms with Gasteiger partial charge in [-0.25, -0.2) is 0 Å². The van der Waals surface area contributed by atoms with Gasteiger partial charge in [-0.1, -0.05) is 118 Å². The molecular formula is C33H67NO5. The lowest BCUT2D eigenvalue weighted by Gasteiger charge is -2.05. The molecule has 0 rings (SSSR count). The first-order chi connectivity index (χ1) is 17.5. The third-order valence-corrected chi connectivity index (χ3v) is 5.44. The summed E-state index contributed by atoms with van der Waals surface area (Å²) < 4.78 is 0. The summed E-state index contributed by atoms with van der Waals surface area (Å²) in [5.74, 6) is 3.26. The van der Waals surface area contributed by atoms with Crippen molar-refractivity contribution in [2.75, 3.05) is 6.54 Å². The highest BCUT2D eigenvalue weighted by Gasteiger charge is 2.11. The smallest absolute Gasteiger partial charge is 0.137 e. The van der Waals surface area contributed by atoms with Gasteiger partial charge in [0.1, 0.15) is 28.9 Å². The second kappa shape index (κ2) is 27.9. The number of hydrogen-bond donors (Lipinski definition) is 1. The van der Waals surface area contributed by atoms with Crippen molar-refractivity contribution in [3.63, 3.8) is 0 Å². The Morgan fingerprint density at radius 2 is 0.615 bits per heavy atom. The fraction of sp³-hybridized carbons (Fsp3) is 0.848. The van der Waals surface area contributed by atoms with Gasteiger partial charge >= 0.3 is 0 Å². The predicted octanol–water partition coefficient (Wildman–Crippen LogP) is 7.78. The molecule has 0 spiro atoms. The Morgan fingerprint density at radius 3 is 0.641 bits per heavy atom. The van der Waals surface area contributed by atoms with E-state index in [-0.39, 0.29) is 53.1 Å². The van der Waals surface area contributed by atoms with Crippen LogP contribution in [0.15, 0.2) is 0 Å². The molecule has 0 saturated carbocycles. The number of carbonyl (C=O) groups is 5. The number of rotatable bonds is 11. The molecule has 234 valence electrons. The van der Waals surface area contributed by atoms with Gasteiger partial charge in [-0.05, 0) is 6.54 Å². The lowest BCUT2D eigenvalue weighted by molar-refractivity contribution is -0.125. The molecule has 0 amide bonds. The number of nitrogens with two attached hydrogens (primary N) is 1. The van der Waals surface area contributed by atoms with Crippen LogP contribution in [0.4, 0.5) is 0 Å². The molecule has 0 aliphatic heterocycles. The van der Waals surface area contributed by atoms with Crippen LogP contribution in [0.3, 0.4) is 0 Å². The largest absolute Gasteiger partial charge is 0.330 e. The van der Waals surface area contributed by atoms with Crippen LogP contribution in [-0.2, 0) is 24.0 Å². The first-order valence-electron chi connectivity index (χ1n) is 14.9. The molecular weight excluding hydrogens is 490 g/mol. The highest BCUT2D eigenvalue weighted by atomic mass is 16.1. The summed E-state index contributed by atoms with van der Waals surface area (Å²) in [4.78, 5) is 53.7. The topological polar surface area (TPSA) is 111 Å². The number of hydrogen-bond acceptors (Lipinski definition) is 6. The molecule has 2 N–H and O–H groups in total. The summed E-state index contributed by atoms with van der Waals surface area (Å²) in [5, 5.41) is 0. The molecule has 0 fully saturated rings. The second-order valence-electron chi connectivity index (χ2n) is 12.3. The van der Waals surface area contributed by atoms with Crippen LogP contribution in [-0.4, -0.2) is 35.5 Å². The third kappa shape index (κ3) is 34.3. The van der Waals surface area contributed by atoms with Crippen molar-refractivity contribution >= 4 is 28.9 Å². The molecule has 0 saturated heterocycles. The maximum Gasteiger partial charge on any atom is 0.137 e. The van der Waals surface area contributed by atoms with E-state index in [9.17, 15) is 24.0 Å². The van der Waals surface area contributed by atoms with Gasteiger partial charge < -0.3 is 5.73 Å². The Balaban J connectivity index is -0.000000124. The molecule has 0 radical (unpaired) electrons. The van der Waals surface area contributed by atoms with Gasteiger partial charge in [0.25, 0.3) is 0 Å². The van der Waals surface area contributed by atoms with Gasteiger partial charge in [-0.3, -0.25) is 24.0 Å². The van der Waals surface area contributed by atoms with Crippen molar-refractivity contribution in [3.8, 4) is 0 Å². The van der Waals surface area contributed by atoms with Crippen LogP contribution in [0.5, 0.6) is 0 Å². The van der Waals surface area contributed by atoms with Crippen molar-refractivity contribution in [2.45, 2.75) is 131 Å². The zero-order valence-electron chi connectivity index (χ0n) is 28.9. The lowest BCUT2D eigenvalue weighted by atomic mass is 9.99. The Morgan fingerprint density at radius 1 is 0.410 bits per heavy atom. The normalized spacial score (nSPS) is 10.4. The zero-order chi connectivity index (χ0) is 32.6. The minimum atomic E-state index is 0.151. The SMILES string of the molecule is CC(C)C(=O)C(C)C.CC(C)C(=O)C(C)C.CC(C)C(=O)C(C)C.CC(C)C(=O)CCN.CCC(=O)C(C)C. The van der Waals surface area contributed by atoms with Crippen molar-refractivity contribution in [1.82, 2.24) is 0 Å². The van der Waals surface area contributed by atoms with Gasteiger partial charge in [0, 0.05) is 60.2 Å². The van der Waals surface area contributed by atoms with E-state index in [4.69, 9.17) is 5.73 Å². The molecule has 0 aliphatic carbocycles. The van der Waals surface area contributed by atoms with Crippen molar-refractivity contribution in [3.05, 3.63) is 0 Å². The predicted molar refractivity (Wildman–Crippen MR) is 168 cm³/mol. The van der Waals surface area contributed by atoms with E-state index in [0.29, 0.717) is 42.5 Å². The molecule has 6 heteroatoms. The van der Waals surface area contributed by atoms with Crippen molar-refractivity contribution in [1.29, 1.82) is 0 Å². The van der Waals surface area contributed by atoms with E-state index >= 15 is 0 Å². The van der Waals surface area contributed by atoms with Crippen LogP contribution in [0.25, 0.3) is 0 Å². The standard InChI is InChI=1S/3C7H14O.C6H13NO.C6H12O/c3*1-5(2)7(8)6(3)4;1-5(2)6(8)3-4-7;1-4-6(7)5(2)3/h3*5-6H,1-4H3;5H,3-4,7H2,1-2H3;5H,4H2,1-3H3. The highest BCUT2D eigenvalue weighted by molar-refractivity contribution is 5.83. The van der Waals surface area contributed by atoms with E-state index in [1.807, 2.05) is 118 Å². The summed E-state index contributed by atoms with van der Waals surface area (Å²) >= 11 is 0. The fourth-order valence-electron chi connectivity index (χ4n) is 2.84. The van der Waals surface area contributed by atoms with Crippen molar-refractivity contribution < 1.29 is 24.0 Å². The van der Waals surface area contributed by atoms with Gasteiger partial charge in [-0.15, -0.1) is 0 Å². The average molecular weight is 558 g/mol. The first kappa shape index (κ1) is 47.1. The number of ketones is 5. The first-order valence-corrected chi connectivity index (χ1v) is 14.9. The summed E-state index contributed by atoms with van der Waals surface area (Å²) in [6.45, 7) is 33.2. The van der Waals surface area contributed by atoms with Gasteiger partial charge in [-0.2, -0.15) is 0 Å². The molecule has 0 aromatic rings. The molecule has 0 atom stereocenters. The number of carbonyl (C=O) groups excluding carboxylic acids is 5. The lowest BCUT2D eigenvalue weighted by Crippen LogP contribution is -2.13. The quantitative estimate of drug-likeness (QED) is 0.277. The van der Waals surface area contributed by atoms with Crippen LogP contribution < -0.4 is 5.73 Å². The molecule has 6 nitrogen and oxygen atoms in total. The Labute approximate surface area is 243 Å². The Bertz CT molecular complexity index is 570. The minimum Gasteiger partial charge on any atom is -0.330 e. The van der Waals surface area contributed by atoms with E-state index in [0.717, 1.165) is 0 Å². The van der Waals surface area contributed by atoms with Gasteiger partial charge in [0.05, 0.1) is 0 Å². The maximum atomic E-state index is 10.8. The average Bonchev–Trinajstić information content (AvgIpc) is 2.82. The van der Waals surface area contributed by atoms with E-state index in [1.54, 1.807) is 0 Å². The molecule has 0 aliphatic rings. The minimum absolute atomic E-state index is 0.151. The van der Waals surface area contributed by atoms with Crippen LogP contribution in [0.1, 0.15) is 131 Å². The summed E-state index contributed by atoms with van der Waals surface area (Å²) in [6.07, 6.45) is 1.20. The fourth-order valence-corrected chi connectivity index (χ4v) is 2.84. The monoisotopic (exact) mass is 558 g/mol. The van der Waals surface area contributed by atoms with Crippen LogP contribution >= 0.6 is 0 Å². The summed E-state index contributed by atoms with van der Waals surface area (Å²) in [5.41, 5.74) is 5.15. The molecule has 0 unspecified atom stereocenters. The van der Waals surface area contributed by atoms with E-state index < -0.39 is 0 Å². The highest BCUT2D eigenvalue weighted by Crippen LogP contribution is 2.05. The van der Waals surface area contributed by atoms with E-state index in [1.165, 1.54) is 0 Å². The maximum absolute atomic E-state index is 10.8. The Hall–Kier alpha value is -1.69. The van der Waals surface area contributed by atoms with Gasteiger partial charge in [0.2, 0.25) is 0 Å². The molecule has 0 heterocycles. The zero-order valence-corrected chi connectivity index (χ0v) is 28.9. The van der Waals surface area contributed by atoms with Crippen LogP contribution in [0, 0.1) is 47.3 Å². The van der Waals surface area contributed by atoms with E-state index in [2.05, 4.69) is 0 Å². The molecule has 39 heavy (non-hydrogen) atoms. The van der Waals surface area contributed by atoms with Crippen molar-refractivity contribution in [2.24, 2.45) is 53.1 Å². The molecule has 0 aromatic carbocycles. The van der Waals surface area contributed by atoms with Gasteiger partial charge in [0.15, 0.2) is 0 Å². The second-order valence-corrected chi connectivity index (χ2v) is 12.3. The summed E-state index contributed by atoms with van der Waals surface area (Å²) in [7, 11) is 0. The Kier molecular flexibility index (Phi) is 33.7. The number of Topliss-reactive ketones (excluding diaryl/α,β-unsaturated/α-hetero) is 5. The summed E-state index contributed by atoms with van der Waals surface area (Å²) in [6, 6.07) is 0.